The number of hydrogen-bond donors (Lipinski definition) is 3. The third-order valence-electron chi connectivity index (χ3n) is 4.96. The highest BCUT2D eigenvalue weighted by Crippen LogP contribution is 2.18. The third kappa shape index (κ3) is 8.24. The summed E-state index contributed by atoms with van der Waals surface area (Å²) in [5.74, 6) is -2.58. The first-order valence-electron chi connectivity index (χ1n) is 10.1. The van der Waals surface area contributed by atoms with E-state index in [-0.39, 0.29) is 31.1 Å². The molecule has 0 radical (unpaired) electrons. The summed E-state index contributed by atoms with van der Waals surface area (Å²) in [5.41, 5.74) is 1.49. The van der Waals surface area contributed by atoms with Crippen LogP contribution in [-0.4, -0.2) is 69.5 Å². The number of nitrogens with zero attached hydrogens (tertiary/aromatic N) is 2. The fourth-order valence-electron chi connectivity index (χ4n) is 3.41. The van der Waals surface area contributed by atoms with Crippen molar-refractivity contribution >= 4 is 23.7 Å². The van der Waals surface area contributed by atoms with Crippen molar-refractivity contribution in [1.82, 2.24) is 15.3 Å². The van der Waals surface area contributed by atoms with E-state index in [0.29, 0.717) is 19.5 Å². The van der Waals surface area contributed by atoms with Gasteiger partial charge in [-0.2, -0.15) is 0 Å². The summed E-state index contributed by atoms with van der Waals surface area (Å²) >= 11 is 0. The van der Waals surface area contributed by atoms with E-state index in [2.05, 4.69) is 6.92 Å². The van der Waals surface area contributed by atoms with Gasteiger partial charge in [0, 0.05) is 25.9 Å². The number of rotatable bonds is 12. The maximum atomic E-state index is 13.0. The zero-order chi connectivity index (χ0) is 20.9. The van der Waals surface area contributed by atoms with Crippen molar-refractivity contribution in [1.29, 1.82) is 0 Å². The van der Waals surface area contributed by atoms with Crippen molar-refractivity contribution in [3.63, 3.8) is 0 Å². The van der Waals surface area contributed by atoms with Crippen LogP contribution in [0, 0.1) is 0 Å². The van der Waals surface area contributed by atoms with Crippen LogP contribution in [0.5, 0.6) is 0 Å². The molecule has 0 aromatic rings. The average molecular weight is 399 g/mol. The largest absolute Gasteiger partial charge is 0.481 e. The van der Waals surface area contributed by atoms with Gasteiger partial charge >= 0.3 is 5.97 Å². The highest BCUT2D eigenvalue weighted by atomic mass is 16.5. The number of aliphatic carboxylic acids is 1. The quantitative estimate of drug-likeness (QED) is 0.259. The first-order chi connectivity index (χ1) is 13.4. The summed E-state index contributed by atoms with van der Waals surface area (Å²) in [6.07, 6.45) is 6.06. The topological polar surface area (TPSA) is 127 Å². The van der Waals surface area contributed by atoms with Crippen LogP contribution < -0.4 is 5.48 Å². The first kappa shape index (κ1) is 23.9. The Morgan fingerprint density at radius 3 is 2.29 bits per heavy atom. The van der Waals surface area contributed by atoms with E-state index in [1.54, 1.807) is 4.90 Å². The van der Waals surface area contributed by atoms with Crippen molar-refractivity contribution < 1.29 is 29.5 Å². The van der Waals surface area contributed by atoms with Crippen molar-refractivity contribution in [2.45, 2.75) is 77.2 Å². The molecule has 0 saturated carbocycles. The molecule has 1 heterocycles. The molecule has 1 saturated heterocycles. The molecule has 160 valence electrons. The van der Waals surface area contributed by atoms with Gasteiger partial charge in [0.15, 0.2) is 0 Å². The van der Waals surface area contributed by atoms with Gasteiger partial charge in [0.05, 0.1) is 0 Å². The second-order valence-electron chi connectivity index (χ2n) is 7.20. The molecule has 0 bridgehead atoms. The number of nitrogens with one attached hydrogen (secondary N) is 1. The molecule has 9 heteroatoms. The van der Waals surface area contributed by atoms with Gasteiger partial charge in [0.25, 0.3) is 5.91 Å². The molecule has 0 aliphatic carbocycles. The summed E-state index contributed by atoms with van der Waals surface area (Å²) in [6, 6.07) is -1.02. The van der Waals surface area contributed by atoms with Crippen LogP contribution in [0.25, 0.3) is 0 Å². The van der Waals surface area contributed by atoms with Gasteiger partial charge in [0.2, 0.25) is 11.8 Å². The van der Waals surface area contributed by atoms with Crippen molar-refractivity contribution in [3.8, 4) is 0 Å². The first-order valence-corrected chi connectivity index (χ1v) is 10.1. The van der Waals surface area contributed by atoms with Crippen LogP contribution >= 0.6 is 0 Å². The Hall–Kier alpha value is -2.16. The molecule has 9 nitrogen and oxygen atoms in total. The fourth-order valence-corrected chi connectivity index (χ4v) is 3.41. The lowest BCUT2D eigenvalue weighted by Gasteiger charge is -2.36. The van der Waals surface area contributed by atoms with Crippen molar-refractivity contribution in [2.75, 3.05) is 19.6 Å². The zero-order valence-electron chi connectivity index (χ0n) is 16.7. The number of piperidine rings is 1. The number of carbonyl (C=O) groups is 4. The smallest absolute Gasteiger partial charge is 0.303 e. The number of unbranched alkanes of at least 4 members (excludes halogenated alkanes) is 3. The van der Waals surface area contributed by atoms with Crippen LogP contribution in [0.3, 0.4) is 0 Å². The minimum Gasteiger partial charge on any atom is -0.481 e. The van der Waals surface area contributed by atoms with Gasteiger partial charge < -0.3 is 14.9 Å². The molecule has 1 aliphatic heterocycles. The lowest BCUT2D eigenvalue weighted by molar-refractivity contribution is -0.150. The Balaban J connectivity index is 2.97. The maximum absolute atomic E-state index is 13.0. The number of likely N-dealkylation sites (tertiary alicyclic amines) is 1. The standard InChI is InChI=1S/C19H33N3O6/c1-2-3-4-6-9-17(24)22(14-16(23)20-28)15(10-11-18(25)26)19(27)21-12-7-5-8-13-21/h15,28H,2-14H2,1H3,(H,20,23)(H,25,26). The fraction of sp³-hybridized carbons (Fsp3) is 0.789. The van der Waals surface area contributed by atoms with Gasteiger partial charge in [-0.05, 0) is 32.1 Å². The number of hydrogen-bond acceptors (Lipinski definition) is 5. The molecule has 1 rings (SSSR count). The van der Waals surface area contributed by atoms with E-state index >= 15 is 0 Å². The number of amides is 3. The van der Waals surface area contributed by atoms with E-state index in [9.17, 15) is 19.2 Å². The molecule has 0 aromatic carbocycles. The zero-order valence-corrected chi connectivity index (χ0v) is 16.7. The number of carboxylic acids is 1. The van der Waals surface area contributed by atoms with E-state index in [0.717, 1.165) is 43.4 Å². The molecule has 1 unspecified atom stereocenters. The molecule has 28 heavy (non-hydrogen) atoms. The molecular weight excluding hydrogens is 366 g/mol. The van der Waals surface area contributed by atoms with E-state index in [4.69, 9.17) is 10.3 Å². The molecule has 1 fully saturated rings. The summed E-state index contributed by atoms with van der Waals surface area (Å²) in [6.45, 7) is 2.70. The lowest BCUT2D eigenvalue weighted by Crippen LogP contribution is -2.54. The van der Waals surface area contributed by atoms with Crippen LogP contribution in [-0.2, 0) is 19.2 Å². The minimum absolute atomic E-state index is 0.0654. The highest BCUT2D eigenvalue weighted by Gasteiger charge is 2.34. The third-order valence-corrected chi connectivity index (χ3v) is 4.96. The Labute approximate surface area is 166 Å². The lowest BCUT2D eigenvalue weighted by atomic mass is 10.0. The van der Waals surface area contributed by atoms with Crippen LogP contribution in [0.4, 0.5) is 0 Å². The summed E-state index contributed by atoms with van der Waals surface area (Å²) in [4.78, 5) is 51.4. The molecule has 3 N–H and O–H groups in total. The molecular formula is C19H33N3O6. The van der Waals surface area contributed by atoms with Gasteiger partial charge in [-0.3, -0.25) is 24.4 Å². The second kappa shape index (κ2) is 13.1. The average Bonchev–Trinajstić information content (AvgIpc) is 2.70. The van der Waals surface area contributed by atoms with Crippen LogP contribution in [0.15, 0.2) is 0 Å². The highest BCUT2D eigenvalue weighted by molar-refractivity contribution is 5.91. The monoisotopic (exact) mass is 399 g/mol. The molecule has 3 amide bonds. The SMILES string of the molecule is CCCCCCC(=O)N(CC(=O)NO)C(CCC(=O)O)C(=O)N1CCCCC1. The van der Waals surface area contributed by atoms with E-state index in [1.165, 1.54) is 5.48 Å². The van der Waals surface area contributed by atoms with Crippen LogP contribution in [0.1, 0.15) is 71.1 Å². The Morgan fingerprint density at radius 1 is 1.04 bits per heavy atom. The maximum Gasteiger partial charge on any atom is 0.303 e. The van der Waals surface area contributed by atoms with E-state index < -0.39 is 24.5 Å². The van der Waals surface area contributed by atoms with Gasteiger partial charge in [-0.1, -0.05) is 26.2 Å². The predicted molar refractivity (Wildman–Crippen MR) is 101 cm³/mol. The second-order valence-corrected chi connectivity index (χ2v) is 7.20. The summed E-state index contributed by atoms with van der Waals surface area (Å²) in [5, 5.41) is 17.9. The van der Waals surface area contributed by atoms with Gasteiger partial charge in [-0.15, -0.1) is 0 Å². The number of hydroxylamine groups is 1. The number of carboxylic acid groups (broad SMARTS) is 1. The van der Waals surface area contributed by atoms with Gasteiger partial charge in [0.1, 0.15) is 12.6 Å². The van der Waals surface area contributed by atoms with Crippen molar-refractivity contribution in [2.24, 2.45) is 0 Å². The summed E-state index contributed by atoms with van der Waals surface area (Å²) in [7, 11) is 0. The normalized spacial score (nSPS) is 15.0. The molecule has 0 spiro atoms. The Morgan fingerprint density at radius 2 is 1.71 bits per heavy atom. The number of carbonyl (C=O) groups excluding carboxylic acids is 3. The Kier molecular flexibility index (Phi) is 11.2. The Bertz CT molecular complexity index is 534. The predicted octanol–water partition coefficient (Wildman–Crippen LogP) is 1.54. The van der Waals surface area contributed by atoms with Gasteiger partial charge in [-0.25, -0.2) is 5.48 Å². The molecule has 0 aromatic heterocycles. The summed E-state index contributed by atoms with van der Waals surface area (Å²) < 4.78 is 0. The molecule has 1 aliphatic rings. The molecule has 1 atom stereocenters. The minimum atomic E-state index is -1.07. The van der Waals surface area contributed by atoms with Crippen molar-refractivity contribution in [3.05, 3.63) is 0 Å². The van der Waals surface area contributed by atoms with E-state index in [1.807, 2.05) is 0 Å². The van der Waals surface area contributed by atoms with Crippen LogP contribution in [0.2, 0.25) is 0 Å².